The van der Waals surface area contributed by atoms with E-state index in [0.29, 0.717) is 12.1 Å². The van der Waals surface area contributed by atoms with Gasteiger partial charge in [-0.3, -0.25) is 4.79 Å². The molecule has 0 atom stereocenters. The van der Waals surface area contributed by atoms with Crippen molar-refractivity contribution in [1.82, 2.24) is 10.2 Å². The van der Waals surface area contributed by atoms with Gasteiger partial charge in [0.2, 0.25) is 5.91 Å². The van der Waals surface area contributed by atoms with E-state index < -0.39 is 5.82 Å². The van der Waals surface area contributed by atoms with Gasteiger partial charge in [-0.1, -0.05) is 6.07 Å². The number of anilines is 1. The zero-order chi connectivity index (χ0) is 14.3. The fourth-order valence-corrected chi connectivity index (χ4v) is 1.50. The van der Waals surface area contributed by atoms with Gasteiger partial charge in [0, 0.05) is 12.6 Å². The van der Waals surface area contributed by atoms with E-state index in [-0.39, 0.29) is 11.6 Å². The van der Waals surface area contributed by atoms with Crippen LogP contribution >= 0.6 is 0 Å². The molecule has 0 bridgehead atoms. The molecule has 0 heterocycles. The van der Waals surface area contributed by atoms with Crippen molar-refractivity contribution in [1.29, 1.82) is 0 Å². The molecule has 1 rings (SSSR count). The second-order valence-electron chi connectivity index (χ2n) is 4.56. The SMILES string of the molecule is CN(C)CCCNC(=O)/C=C/c1ccc(F)c(N)c1. The maximum absolute atomic E-state index is 12.9. The number of nitrogen functional groups attached to an aromatic ring is 1. The minimum atomic E-state index is -0.453. The maximum atomic E-state index is 12.9. The van der Waals surface area contributed by atoms with Gasteiger partial charge < -0.3 is 16.0 Å². The fourth-order valence-electron chi connectivity index (χ4n) is 1.50. The highest BCUT2D eigenvalue weighted by molar-refractivity contribution is 5.91. The third kappa shape index (κ3) is 6.01. The van der Waals surface area contributed by atoms with Crippen LogP contribution < -0.4 is 11.1 Å². The first-order valence-corrected chi connectivity index (χ1v) is 6.14. The monoisotopic (exact) mass is 265 g/mol. The van der Waals surface area contributed by atoms with Crippen molar-refractivity contribution in [3.63, 3.8) is 0 Å². The Morgan fingerprint density at radius 1 is 1.47 bits per heavy atom. The first-order chi connectivity index (χ1) is 8.99. The fraction of sp³-hybridized carbons (Fsp3) is 0.357. The molecule has 0 fully saturated rings. The normalized spacial score (nSPS) is 11.2. The molecular formula is C14H20FN3O. The number of carbonyl (C=O) groups excluding carboxylic acids is 1. The third-order valence-electron chi connectivity index (χ3n) is 2.53. The van der Waals surface area contributed by atoms with Crippen molar-refractivity contribution in [2.24, 2.45) is 0 Å². The van der Waals surface area contributed by atoms with E-state index in [4.69, 9.17) is 5.73 Å². The second-order valence-corrected chi connectivity index (χ2v) is 4.56. The lowest BCUT2D eigenvalue weighted by molar-refractivity contribution is -0.116. The van der Waals surface area contributed by atoms with Crippen LogP contribution in [0.5, 0.6) is 0 Å². The summed E-state index contributed by atoms with van der Waals surface area (Å²) >= 11 is 0. The number of halogens is 1. The largest absolute Gasteiger partial charge is 0.396 e. The summed E-state index contributed by atoms with van der Waals surface area (Å²) in [5.74, 6) is -0.619. The average Bonchev–Trinajstić information content (AvgIpc) is 2.36. The molecule has 0 unspecified atom stereocenters. The van der Waals surface area contributed by atoms with E-state index in [0.717, 1.165) is 13.0 Å². The number of amides is 1. The highest BCUT2D eigenvalue weighted by Gasteiger charge is 1.99. The van der Waals surface area contributed by atoms with E-state index >= 15 is 0 Å². The number of nitrogens with two attached hydrogens (primary N) is 1. The Morgan fingerprint density at radius 3 is 2.84 bits per heavy atom. The minimum absolute atomic E-state index is 0.0774. The molecule has 1 aromatic carbocycles. The maximum Gasteiger partial charge on any atom is 0.243 e. The van der Waals surface area contributed by atoms with E-state index in [1.165, 1.54) is 18.2 Å². The number of nitrogens with one attached hydrogen (secondary N) is 1. The molecule has 104 valence electrons. The van der Waals surface area contributed by atoms with Crippen molar-refractivity contribution in [3.8, 4) is 0 Å². The lowest BCUT2D eigenvalue weighted by Crippen LogP contribution is -2.25. The molecule has 3 N–H and O–H groups in total. The third-order valence-corrected chi connectivity index (χ3v) is 2.53. The lowest BCUT2D eigenvalue weighted by Gasteiger charge is -2.08. The Balaban J connectivity index is 2.39. The summed E-state index contributed by atoms with van der Waals surface area (Å²) in [5.41, 5.74) is 6.21. The summed E-state index contributed by atoms with van der Waals surface area (Å²) in [5, 5.41) is 2.78. The minimum Gasteiger partial charge on any atom is -0.396 e. The van der Waals surface area contributed by atoms with Crippen LogP contribution in [0.2, 0.25) is 0 Å². The molecule has 0 aliphatic rings. The number of hydrogen-bond acceptors (Lipinski definition) is 3. The average molecular weight is 265 g/mol. The van der Waals surface area contributed by atoms with Crippen LogP contribution in [0, 0.1) is 5.82 Å². The molecule has 1 aromatic rings. The van der Waals surface area contributed by atoms with Crippen LogP contribution in [0.15, 0.2) is 24.3 Å². The molecule has 0 aliphatic heterocycles. The Labute approximate surface area is 113 Å². The number of carbonyl (C=O) groups is 1. The van der Waals surface area contributed by atoms with E-state index in [1.807, 2.05) is 14.1 Å². The molecule has 4 nitrogen and oxygen atoms in total. The molecule has 0 saturated carbocycles. The predicted molar refractivity (Wildman–Crippen MR) is 76.0 cm³/mol. The number of hydrogen-bond donors (Lipinski definition) is 2. The molecular weight excluding hydrogens is 245 g/mol. The van der Waals surface area contributed by atoms with Gasteiger partial charge in [0.1, 0.15) is 5.82 Å². The quantitative estimate of drug-likeness (QED) is 0.465. The smallest absolute Gasteiger partial charge is 0.243 e. The van der Waals surface area contributed by atoms with Gasteiger partial charge in [0.05, 0.1) is 5.69 Å². The molecule has 0 aliphatic carbocycles. The standard InChI is InChI=1S/C14H20FN3O/c1-18(2)9-3-8-17-14(19)7-5-11-4-6-12(15)13(16)10-11/h4-7,10H,3,8-9,16H2,1-2H3,(H,17,19)/b7-5+. The topological polar surface area (TPSA) is 58.4 Å². The molecule has 1 amide bonds. The molecule has 5 heteroatoms. The Kier molecular flexibility index (Phi) is 6.02. The highest BCUT2D eigenvalue weighted by Crippen LogP contribution is 2.13. The summed E-state index contributed by atoms with van der Waals surface area (Å²) in [6.45, 7) is 1.56. The van der Waals surface area contributed by atoms with Crippen molar-refractivity contribution >= 4 is 17.7 Å². The van der Waals surface area contributed by atoms with Crippen LogP contribution in [-0.2, 0) is 4.79 Å². The molecule has 0 aromatic heterocycles. The van der Waals surface area contributed by atoms with Gasteiger partial charge in [0.25, 0.3) is 0 Å². The number of rotatable bonds is 6. The first kappa shape index (κ1) is 15.2. The molecule has 0 spiro atoms. The van der Waals surface area contributed by atoms with Crippen molar-refractivity contribution < 1.29 is 9.18 Å². The summed E-state index contributed by atoms with van der Waals surface area (Å²) in [7, 11) is 3.97. The van der Waals surface area contributed by atoms with Crippen LogP contribution in [0.4, 0.5) is 10.1 Å². The van der Waals surface area contributed by atoms with Crippen LogP contribution in [0.1, 0.15) is 12.0 Å². The van der Waals surface area contributed by atoms with Crippen molar-refractivity contribution in [2.45, 2.75) is 6.42 Å². The number of benzene rings is 1. The highest BCUT2D eigenvalue weighted by atomic mass is 19.1. The van der Waals surface area contributed by atoms with Gasteiger partial charge in [0.15, 0.2) is 0 Å². The zero-order valence-electron chi connectivity index (χ0n) is 11.3. The Morgan fingerprint density at radius 2 is 2.21 bits per heavy atom. The second kappa shape index (κ2) is 7.53. The zero-order valence-corrected chi connectivity index (χ0v) is 11.3. The van der Waals surface area contributed by atoms with Crippen LogP contribution in [0.3, 0.4) is 0 Å². The van der Waals surface area contributed by atoms with E-state index in [9.17, 15) is 9.18 Å². The van der Waals surface area contributed by atoms with Crippen LogP contribution in [-0.4, -0.2) is 38.0 Å². The molecule has 19 heavy (non-hydrogen) atoms. The van der Waals surface area contributed by atoms with E-state index in [1.54, 1.807) is 12.1 Å². The first-order valence-electron chi connectivity index (χ1n) is 6.14. The van der Waals surface area contributed by atoms with Crippen LogP contribution in [0.25, 0.3) is 6.08 Å². The molecule has 0 radical (unpaired) electrons. The van der Waals surface area contributed by atoms with Gasteiger partial charge in [-0.25, -0.2) is 4.39 Å². The lowest BCUT2D eigenvalue weighted by atomic mass is 10.2. The van der Waals surface area contributed by atoms with Gasteiger partial charge in [-0.2, -0.15) is 0 Å². The van der Waals surface area contributed by atoms with Crippen molar-refractivity contribution in [3.05, 3.63) is 35.7 Å². The van der Waals surface area contributed by atoms with Gasteiger partial charge >= 0.3 is 0 Å². The predicted octanol–water partition coefficient (Wildman–Crippen LogP) is 1.49. The summed E-state index contributed by atoms with van der Waals surface area (Å²) in [4.78, 5) is 13.6. The Bertz CT molecular complexity index is 458. The summed E-state index contributed by atoms with van der Waals surface area (Å²) < 4.78 is 12.9. The van der Waals surface area contributed by atoms with Gasteiger partial charge in [-0.05, 0) is 50.8 Å². The van der Waals surface area contributed by atoms with Crippen molar-refractivity contribution in [2.75, 3.05) is 32.9 Å². The molecule has 0 saturated heterocycles. The Hall–Kier alpha value is -1.88. The summed E-state index contributed by atoms with van der Waals surface area (Å²) in [6.07, 6.45) is 3.93. The number of nitrogens with zero attached hydrogens (tertiary/aromatic N) is 1. The van der Waals surface area contributed by atoms with E-state index in [2.05, 4.69) is 10.2 Å². The summed E-state index contributed by atoms with van der Waals surface area (Å²) in [6, 6.07) is 4.34. The van der Waals surface area contributed by atoms with Gasteiger partial charge in [-0.15, -0.1) is 0 Å².